The smallest absolute Gasteiger partial charge is 0.120 e. The Labute approximate surface area is 60.7 Å². The molecule has 0 saturated heterocycles. The lowest BCUT2D eigenvalue weighted by Gasteiger charge is -1.92. The second-order valence-electron chi connectivity index (χ2n) is 2.12. The van der Waals surface area contributed by atoms with Crippen LogP contribution in [0, 0.1) is 6.07 Å². The van der Waals surface area contributed by atoms with Gasteiger partial charge in [-0.2, -0.15) is 0 Å². The quantitative estimate of drug-likeness (QED) is 0.572. The highest BCUT2D eigenvalue weighted by Crippen LogP contribution is 1.99. The molecule has 0 aromatic heterocycles. The number of rotatable bonds is 3. The number of carbonyl (C=O) groups excluding carboxylic acids is 1. The first-order chi connectivity index (χ1) is 4.93. The zero-order valence-corrected chi connectivity index (χ0v) is 5.71. The van der Waals surface area contributed by atoms with Gasteiger partial charge in [0.15, 0.2) is 0 Å². The fourth-order valence-electron chi connectivity index (χ4n) is 0.812. The predicted molar refractivity (Wildman–Crippen MR) is 39.7 cm³/mol. The van der Waals surface area contributed by atoms with Gasteiger partial charge in [0, 0.05) is 6.42 Å². The molecular weight excluding hydrogens is 124 g/mol. The van der Waals surface area contributed by atoms with E-state index in [0.717, 1.165) is 12.7 Å². The minimum atomic E-state index is 0.609. The monoisotopic (exact) mass is 133 g/mol. The van der Waals surface area contributed by atoms with Crippen molar-refractivity contribution in [1.29, 1.82) is 0 Å². The first-order valence-electron chi connectivity index (χ1n) is 3.32. The number of hydrogen-bond donors (Lipinski definition) is 0. The van der Waals surface area contributed by atoms with E-state index in [1.54, 1.807) is 0 Å². The highest BCUT2D eigenvalue weighted by atomic mass is 16.1. The van der Waals surface area contributed by atoms with Crippen LogP contribution in [-0.2, 0) is 11.2 Å². The summed E-state index contributed by atoms with van der Waals surface area (Å²) < 4.78 is 0. The SMILES string of the molecule is O=CCCc1c[c]ccc1. The lowest BCUT2D eigenvalue weighted by molar-refractivity contribution is -0.107. The van der Waals surface area contributed by atoms with Gasteiger partial charge in [-0.05, 0) is 18.1 Å². The Kier molecular flexibility index (Phi) is 2.68. The van der Waals surface area contributed by atoms with E-state index in [2.05, 4.69) is 6.07 Å². The first kappa shape index (κ1) is 7.00. The van der Waals surface area contributed by atoms with E-state index < -0.39 is 0 Å². The molecule has 51 valence electrons. The summed E-state index contributed by atoms with van der Waals surface area (Å²) in [5.74, 6) is 0. The fourth-order valence-corrected chi connectivity index (χ4v) is 0.812. The molecule has 1 radical (unpaired) electrons. The maximum Gasteiger partial charge on any atom is 0.120 e. The highest BCUT2D eigenvalue weighted by molar-refractivity contribution is 5.49. The molecule has 0 amide bonds. The van der Waals surface area contributed by atoms with Gasteiger partial charge in [0.05, 0.1) is 0 Å². The van der Waals surface area contributed by atoms with Crippen LogP contribution < -0.4 is 0 Å². The normalized spacial score (nSPS) is 9.20. The molecule has 10 heavy (non-hydrogen) atoms. The van der Waals surface area contributed by atoms with E-state index in [0.29, 0.717) is 6.42 Å². The van der Waals surface area contributed by atoms with Gasteiger partial charge in [-0.1, -0.05) is 24.3 Å². The Hall–Kier alpha value is -1.11. The molecule has 0 atom stereocenters. The molecule has 1 nitrogen and oxygen atoms in total. The topological polar surface area (TPSA) is 17.1 Å². The van der Waals surface area contributed by atoms with Crippen LogP contribution >= 0.6 is 0 Å². The summed E-state index contributed by atoms with van der Waals surface area (Å²) in [6.45, 7) is 0. The Morgan fingerprint density at radius 2 is 2.50 bits per heavy atom. The lowest BCUT2D eigenvalue weighted by atomic mass is 10.1. The molecule has 0 aliphatic rings. The van der Waals surface area contributed by atoms with Gasteiger partial charge in [-0.3, -0.25) is 0 Å². The van der Waals surface area contributed by atoms with Crippen LogP contribution in [0.25, 0.3) is 0 Å². The van der Waals surface area contributed by atoms with Crippen LogP contribution in [0.2, 0.25) is 0 Å². The summed E-state index contributed by atoms with van der Waals surface area (Å²) in [6.07, 6.45) is 2.38. The molecule has 0 N–H and O–H groups in total. The maximum atomic E-state index is 9.97. The third-order valence-corrected chi connectivity index (χ3v) is 1.32. The molecule has 0 heterocycles. The van der Waals surface area contributed by atoms with Gasteiger partial charge < -0.3 is 4.79 Å². The molecule has 1 aromatic carbocycles. The molecule has 0 spiro atoms. The van der Waals surface area contributed by atoms with Gasteiger partial charge in [-0.25, -0.2) is 0 Å². The summed E-state index contributed by atoms with van der Waals surface area (Å²) in [7, 11) is 0. The van der Waals surface area contributed by atoms with Crippen LogP contribution in [0.1, 0.15) is 12.0 Å². The number of aldehydes is 1. The summed E-state index contributed by atoms with van der Waals surface area (Å²) in [5.41, 5.74) is 1.18. The minimum Gasteiger partial charge on any atom is -0.303 e. The largest absolute Gasteiger partial charge is 0.303 e. The summed E-state index contributed by atoms with van der Waals surface area (Å²) in [5, 5.41) is 0. The molecule has 0 unspecified atom stereocenters. The van der Waals surface area contributed by atoms with Crippen molar-refractivity contribution < 1.29 is 4.79 Å². The van der Waals surface area contributed by atoms with Gasteiger partial charge >= 0.3 is 0 Å². The van der Waals surface area contributed by atoms with E-state index in [1.807, 2.05) is 24.3 Å². The van der Waals surface area contributed by atoms with E-state index in [9.17, 15) is 4.79 Å². The Morgan fingerprint density at radius 1 is 1.60 bits per heavy atom. The Balaban J connectivity index is 2.50. The molecule has 0 aliphatic heterocycles. The molecule has 1 rings (SSSR count). The van der Waals surface area contributed by atoms with Crippen LogP contribution in [0.3, 0.4) is 0 Å². The van der Waals surface area contributed by atoms with Crippen molar-refractivity contribution in [2.24, 2.45) is 0 Å². The van der Waals surface area contributed by atoms with Crippen LogP contribution in [-0.4, -0.2) is 6.29 Å². The Bertz CT molecular complexity index is 191. The molecule has 0 aliphatic carbocycles. The second kappa shape index (κ2) is 3.83. The lowest BCUT2D eigenvalue weighted by Crippen LogP contribution is -1.83. The molecular formula is C9H9O. The standard InChI is InChI=1S/C9H9O/c10-8-4-7-9-5-2-1-3-6-9/h1-2,5-6,8H,4,7H2. The zero-order valence-electron chi connectivity index (χ0n) is 5.71. The van der Waals surface area contributed by atoms with Crippen molar-refractivity contribution in [3.8, 4) is 0 Å². The van der Waals surface area contributed by atoms with E-state index in [1.165, 1.54) is 5.56 Å². The fraction of sp³-hybridized carbons (Fsp3) is 0.222. The molecule has 1 heteroatoms. The van der Waals surface area contributed by atoms with Crippen LogP contribution in [0.15, 0.2) is 24.3 Å². The van der Waals surface area contributed by atoms with Gasteiger partial charge in [0.2, 0.25) is 0 Å². The van der Waals surface area contributed by atoms with E-state index >= 15 is 0 Å². The average molecular weight is 133 g/mol. The van der Waals surface area contributed by atoms with Gasteiger partial charge in [-0.15, -0.1) is 0 Å². The van der Waals surface area contributed by atoms with Crippen molar-refractivity contribution in [2.75, 3.05) is 0 Å². The second-order valence-corrected chi connectivity index (χ2v) is 2.12. The van der Waals surface area contributed by atoms with Crippen molar-refractivity contribution in [2.45, 2.75) is 12.8 Å². The van der Waals surface area contributed by atoms with Gasteiger partial charge in [0.1, 0.15) is 6.29 Å². The third-order valence-electron chi connectivity index (χ3n) is 1.32. The van der Waals surface area contributed by atoms with Gasteiger partial charge in [0.25, 0.3) is 0 Å². The summed E-state index contributed by atoms with van der Waals surface area (Å²) in [4.78, 5) is 9.97. The molecule has 1 aromatic rings. The molecule has 0 saturated carbocycles. The third kappa shape index (κ3) is 2.02. The Morgan fingerprint density at radius 3 is 3.10 bits per heavy atom. The summed E-state index contributed by atoms with van der Waals surface area (Å²) >= 11 is 0. The number of carbonyl (C=O) groups is 1. The van der Waals surface area contributed by atoms with Crippen LogP contribution in [0.5, 0.6) is 0 Å². The average Bonchev–Trinajstić information content (AvgIpc) is 2.03. The predicted octanol–water partition coefficient (Wildman–Crippen LogP) is 1.62. The van der Waals surface area contributed by atoms with Crippen molar-refractivity contribution >= 4 is 6.29 Å². The van der Waals surface area contributed by atoms with E-state index in [-0.39, 0.29) is 0 Å². The number of hydrogen-bond acceptors (Lipinski definition) is 1. The zero-order chi connectivity index (χ0) is 7.23. The van der Waals surface area contributed by atoms with Crippen molar-refractivity contribution in [3.05, 3.63) is 35.9 Å². The first-order valence-corrected chi connectivity index (χ1v) is 3.32. The molecule has 0 fully saturated rings. The van der Waals surface area contributed by atoms with Crippen molar-refractivity contribution in [1.82, 2.24) is 0 Å². The molecule has 0 bridgehead atoms. The maximum absolute atomic E-state index is 9.97. The number of aryl methyl sites for hydroxylation is 1. The minimum absolute atomic E-state index is 0.609. The number of benzene rings is 1. The van der Waals surface area contributed by atoms with Crippen LogP contribution in [0.4, 0.5) is 0 Å². The highest BCUT2D eigenvalue weighted by Gasteiger charge is 1.87. The summed E-state index contributed by atoms with van der Waals surface area (Å²) in [6, 6.07) is 10.6. The van der Waals surface area contributed by atoms with Crippen molar-refractivity contribution in [3.63, 3.8) is 0 Å². The van der Waals surface area contributed by atoms with E-state index in [4.69, 9.17) is 0 Å².